The molecule has 0 unspecified atom stereocenters. The van der Waals surface area contributed by atoms with Gasteiger partial charge in [0.25, 0.3) is 0 Å². The lowest BCUT2D eigenvalue weighted by Gasteiger charge is -1.89. The van der Waals surface area contributed by atoms with Crippen molar-refractivity contribution in [2.24, 2.45) is 0 Å². The maximum absolute atomic E-state index is 9.82. The quantitative estimate of drug-likeness (QED) is 0.193. The van der Waals surface area contributed by atoms with Crippen molar-refractivity contribution < 1.29 is 9.53 Å². The van der Waals surface area contributed by atoms with Crippen LogP contribution in [0, 0.1) is 0 Å². The standard InChI is InChI=1S/C4H8O2.10CH2Cl2/c1-3-6-4(2)5;10*2-1-3/h3H2,1-2H3;10*1H2. The van der Waals surface area contributed by atoms with E-state index in [-0.39, 0.29) is 59.4 Å². The monoisotopic (exact) mass is 928 g/mol. The summed E-state index contributed by atoms with van der Waals surface area (Å²) in [7, 11) is 0. The summed E-state index contributed by atoms with van der Waals surface area (Å²) < 4.78 is 4.40. The fourth-order valence-electron chi connectivity index (χ4n) is 0.203. The lowest BCUT2D eigenvalue weighted by atomic mass is 10.8. The zero-order valence-electron chi connectivity index (χ0n) is 18.7. The summed E-state index contributed by atoms with van der Waals surface area (Å²) in [5, 5.41) is 1.94. The second-order valence-corrected chi connectivity index (χ2v) is 10.0. The van der Waals surface area contributed by atoms with Gasteiger partial charge >= 0.3 is 5.97 Å². The van der Waals surface area contributed by atoms with Crippen molar-refractivity contribution in [3.63, 3.8) is 0 Å². The summed E-state index contributed by atoms with van der Waals surface area (Å²) in [4.78, 5) is 9.82. The van der Waals surface area contributed by atoms with Gasteiger partial charge < -0.3 is 4.74 Å². The van der Waals surface area contributed by atoms with E-state index in [1.807, 2.05) is 0 Å². The summed E-state index contributed by atoms with van der Waals surface area (Å²) >= 11 is 95.3. The third-order valence-corrected chi connectivity index (χ3v) is 0.348. The lowest BCUT2D eigenvalue weighted by Crippen LogP contribution is -1.95. The summed E-state index contributed by atoms with van der Waals surface area (Å²) in [5.74, 6) is -0.211. The van der Waals surface area contributed by atoms with Crippen molar-refractivity contribution in [3.8, 4) is 0 Å². The van der Waals surface area contributed by atoms with E-state index in [1.165, 1.54) is 6.92 Å². The van der Waals surface area contributed by atoms with Gasteiger partial charge in [-0.1, -0.05) is 0 Å². The van der Waals surface area contributed by atoms with Gasteiger partial charge in [0.15, 0.2) is 0 Å². The first-order chi connectivity index (χ1) is 16.9. The number of halogens is 20. The molecule has 2 nitrogen and oxygen atoms in total. The molecule has 0 amide bonds. The zero-order chi connectivity index (χ0) is 32.1. The molecule has 0 N–H and O–H groups in total. The summed E-state index contributed by atoms with van der Waals surface area (Å²) in [6, 6.07) is 0. The lowest BCUT2D eigenvalue weighted by molar-refractivity contribution is -0.140. The number of hydrogen-bond donors (Lipinski definition) is 0. The van der Waals surface area contributed by atoms with E-state index in [4.69, 9.17) is 232 Å². The molecule has 22 heteroatoms. The average molecular weight is 937 g/mol. The highest BCUT2D eigenvalue weighted by molar-refractivity contribution is 6.43. The maximum atomic E-state index is 9.82. The molecule has 0 saturated heterocycles. The molecule has 236 valence electrons. The molecule has 0 aromatic rings. The van der Waals surface area contributed by atoms with Crippen molar-refractivity contribution in [2.75, 3.05) is 60.0 Å². The molecule has 0 aromatic heterocycles. The highest BCUT2D eigenvalue weighted by Crippen LogP contribution is 1.76. The van der Waals surface area contributed by atoms with Crippen molar-refractivity contribution in [2.45, 2.75) is 13.8 Å². The molecular formula is C14H28Cl20O2. The van der Waals surface area contributed by atoms with Gasteiger partial charge in [-0.15, -0.1) is 232 Å². The van der Waals surface area contributed by atoms with E-state index < -0.39 is 0 Å². The minimum Gasteiger partial charge on any atom is -0.466 e. The fourth-order valence-corrected chi connectivity index (χ4v) is 0.203. The van der Waals surface area contributed by atoms with Crippen LogP contribution in [0.4, 0.5) is 0 Å². The van der Waals surface area contributed by atoms with Gasteiger partial charge in [0.05, 0.1) is 60.0 Å². The summed E-state index contributed by atoms with van der Waals surface area (Å²) in [6.45, 7) is 3.65. The fraction of sp³-hybridized carbons (Fsp3) is 0.929. The predicted octanol–water partition coefficient (Wildman–Crippen LogP) is 14.8. The number of esters is 1. The van der Waals surface area contributed by atoms with Gasteiger partial charge in [0.1, 0.15) is 0 Å². The Morgan fingerprint density at radius 2 is 0.472 bits per heavy atom. The highest BCUT2D eigenvalue weighted by Gasteiger charge is 1.81. The van der Waals surface area contributed by atoms with Crippen LogP contribution >= 0.6 is 232 Å². The molecule has 0 fully saturated rings. The van der Waals surface area contributed by atoms with Crippen LogP contribution in [0.15, 0.2) is 0 Å². The van der Waals surface area contributed by atoms with E-state index in [1.54, 1.807) is 6.92 Å². The minimum atomic E-state index is -0.211. The van der Waals surface area contributed by atoms with Crippen molar-refractivity contribution in [1.29, 1.82) is 0 Å². The highest BCUT2D eigenvalue weighted by atomic mass is 35.6. The maximum Gasteiger partial charge on any atom is 0.302 e. The van der Waals surface area contributed by atoms with Gasteiger partial charge in [-0.3, -0.25) is 4.79 Å². The minimum absolute atomic E-state index is 0.194. The Morgan fingerprint density at radius 1 is 0.389 bits per heavy atom. The third kappa shape index (κ3) is 841. The first-order valence-corrected chi connectivity index (χ1v) is 17.9. The topological polar surface area (TPSA) is 26.3 Å². The van der Waals surface area contributed by atoms with Crippen molar-refractivity contribution in [1.82, 2.24) is 0 Å². The molecular weight excluding hydrogens is 909 g/mol. The van der Waals surface area contributed by atoms with Gasteiger partial charge in [-0.05, 0) is 6.92 Å². The number of alkyl halides is 20. The first-order valence-electron chi connectivity index (χ1n) is 7.25. The van der Waals surface area contributed by atoms with Gasteiger partial charge in [0.2, 0.25) is 0 Å². The number of carbonyl (C=O) groups excluding carboxylic acids is 1. The second kappa shape index (κ2) is 151. The van der Waals surface area contributed by atoms with Gasteiger partial charge in [-0.2, -0.15) is 0 Å². The molecule has 0 atom stereocenters. The SMILES string of the molecule is CCOC(C)=O.ClCCl.ClCCl.ClCCl.ClCCl.ClCCl.ClCCl.ClCCl.ClCCl.ClCCl.ClCCl. The molecule has 0 bridgehead atoms. The number of rotatable bonds is 1. The molecule has 0 aliphatic heterocycles. The predicted molar refractivity (Wildman–Crippen MR) is 188 cm³/mol. The van der Waals surface area contributed by atoms with Gasteiger partial charge in [0, 0.05) is 6.92 Å². The first kappa shape index (κ1) is 73.0. The van der Waals surface area contributed by atoms with E-state index in [0.717, 1.165) is 0 Å². The van der Waals surface area contributed by atoms with E-state index >= 15 is 0 Å². The molecule has 0 radical (unpaired) electrons. The molecule has 0 spiro atoms. The van der Waals surface area contributed by atoms with Crippen LogP contribution in [-0.4, -0.2) is 66.0 Å². The second-order valence-electron chi connectivity index (χ2n) is 1.93. The molecule has 0 heterocycles. The Bertz CT molecular complexity index is 157. The van der Waals surface area contributed by atoms with Crippen LogP contribution in [0.2, 0.25) is 0 Å². The molecule has 0 aromatic carbocycles. The van der Waals surface area contributed by atoms with E-state index in [2.05, 4.69) is 4.74 Å². The molecule has 0 aliphatic rings. The van der Waals surface area contributed by atoms with Crippen LogP contribution in [0.1, 0.15) is 13.8 Å². The summed E-state index contributed by atoms with van der Waals surface area (Å²) in [6.07, 6.45) is 0. The smallest absolute Gasteiger partial charge is 0.302 e. The van der Waals surface area contributed by atoms with Crippen LogP contribution in [-0.2, 0) is 9.53 Å². The number of ether oxygens (including phenoxy) is 1. The Hall–Kier alpha value is 5.27. The summed E-state index contributed by atoms with van der Waals surface area (Å²) in [5.41, 5.74) is 0. The van der Waals surface area contributed by atoms with Crippen molar-refractivity contribution in [3.05, 3.63) is 0 Å². The Balaban J connectivity index is -0.0000000215. The Kier molecular flexibility index (Phi) is 307. The van der Waals surface area contributed by atoms with Crippen LogP contribution in [0.25, 0.3) is 0 Å². The van der Waals surface area contributed by atoms with Gasteiger partial charge in [-0.25, -0.2) is 0 Å². The third-order valence-electron chi connectivity index (χ3n) is 0.348. The molecule has 36 heavy (non-hydrogen) atoms. The van der Waals surface area contributed by atoms with E-state index in [0.29, 0.717) is 6.61 Å². The molecule has 0 aliphatic carbocycles. The zero-order valence-corrected chi connectivity index (χ0v) is 33.8. The van der Waals surface area contributed by atoms with Crippen LogP contribution in [0.5, 0.6) is 0 Å². The molecule has 0 rings (SSSR count). The largest absolute Gasteiger partial charge is 0.466 e. The Morgan fingerprint density at radius 3 is 0.472 bits per heavy atom. The van der Waals surface area contributed by atoms with Crippen LogP contribution < -0.4 is 0 Å². The molecule has 0 saturated carbocycles. The number of hydrogen-bond acceptors (Lipinski definition) is 2. The Labute approximate surface area is 317 Å². The van der Waals surface area contributed by atoms with Crippen molar-refractivity contribution >= 4 is 238 Å². The normalized spacial score (nSPS) is 6.28. The average Bonchev–Trinajstić information content (AvgIpc) is 2.74. The van der Waals surface area contributed by atoms with Crippen LogP contribution in [0.3, 0.4) is 0 Å². The van der Waals surface area contributed by atoms with E-state index in [9.17, 15) is 4.79 Å². The number of carbonyl (C=O) groups is 1.